The van der Waals surface area contributed by atoms with Crippen molar-refractivity contribution < 1.29 is 23.7 Å². The molecule has 0 saturated heterocycles. The lowest BCUT2D eigenvalue weighted by Gasteiger charge is -2.16. The van der Waals surface area contributed by atoms with E-state index in [1.54, 1.807) is 26.4 Å². The van der Waals surface area contributed by atoms with Gasteiger partial charge in [0.15, 0.2) is 23.0 Å². The zero-order valence-electron chi connectivity index (χ0n) is 14.5. The summed E-state index contributed by atoms with van der Waals surface area (Å²) in [5.74, 6) is 2.56. The molecule has 6 heteroatoms. The predicted octanol–water partition coefficient (Wildman–Crippen LogP) is 2.85. The molecule has 1 atom stereocenters. The highest BCUT2D eigenvalue weighted by Gasteiger charge is 2.22. The number of nitrogens with one attached hydrogen (secondary N) is 1. The number of benzene rings is 2. The van der Waals surface area contributed by atoms with E-state index >= 15 is 0 Å². The van der Waals surface area contributed by atoms with Crippen molar-refractivity contribution in [1.82, 2.24) is 5.32 Å². The SMILES string of the molecule is COc1ccc(CC(=O)NC(C)c2cccc3c2OCO3)cc1OC. The van der Waals surface area contributed by atoms with Gasteiger partial charge in [-0.25, -0.2) is 0 Å². The number of methoxy groups -OCH3 is 2. The lowest BCUT2D eigenvalue weighted by molar-refractivity contribution is -0.121. The van der Waals surface area contributed by atoms with Crippen LogP contribution in [0.2, 0.25) is 0 Å². The molecule has 1 unspecified atom stereocenters. The lowest BCUT2D eigenvalue weighted by Crippen LogP contribution is -2.28. The van der Waals surface area contributed by atoms with Gasteiger partial charge in [-0.3, -0.25) is 4.79 Å². The van der Waals surface area contributed by atoms with Gasteiger partial charge in [0.25, 0.3) is 0 Å². The molecule has 25 heavy (non-hydrogen) atoms. The van der Waals surface area contributed by atoms with Crippen molar-refractivity contribution in [1.29, 1.82) is 0 Å². The molecule has 3 rings (SSSR count). The number of ether oxygens (including phenoxy) is 4. The molecule has 1 N–H and O–H groups in total. The summed E-state index contributed by atoms with van der Waals surface area (Å²) < 4.78 is 21.4. The van der Waals surface area contributed by atoms with Gasteiger partial charge in [0.1, 0.15) is 0 Å². The van der Waals surface area contributed by atoms with Crippen molar-refractivity contribution in [2.24, 2.45) is 0 Å². The third-order valence-electron chi connectivity index (χ3n) is 4.08. The average molecular weight is 343 g/mol. The van der Waals surface area contributed by atoms with Crippen LogP contribution in [0.1, 0.15) is 24.1 Å². The fraction of sp³-hybridized carbons (Fsp3) is 0.316. The molecule has 2 aromatic carbocycles. The number of carbonyl (C=O) groups excluding carboxylic acids is 1. The van der Waals surface area contributed by atoms with Crippen LogP contribution >= 0.6 is 0 Å². The van der Waals surface area contributed by atoms with Crippen molar-refractivity contribution in [3.63, 3.8) is 0 Å². The molecule has 0 spiro atoms. The number of para-hydroxylation sites is 1. The number of amides is 1. The molecule has 1 aliphatic heterocycles. The van der Waals surface area contributed by atoms with E-state index in [0.717, 1.165) is 11.1 Å². The molecule has 6 nitrogen and oxygen atoms in total. The first-order valence-electron chi connectivity index (χ1n) is 8.01. The van der Waals surface area contributed by atoms with Crippen LogP contribution in [0, 0.1) is 0 Å². The first-order chi connectivity index (χ1) is 12.1. The fourth-order valence-corrected chi connectivity index (χ4v) is 2.84. The van der Waals surface area contributed by atoms with Gasteiger partial charge in [0.05, 0.1) is 26.7 Å². The smallest absolute Gasteiger partial charge is 0.231 e. The second-order valence-corrected chi connectivity index (χ2v) is 5.74. The van der Waals surface area contributed by atoms with Crippen molar-refractivity contribution in [3.8, 4) is 23.0 Å². The Balaban J connectivity index is 1.68. The van der Waals surface area contributed by atoms with Crippen molar-refractivity contribution in [2.75, 3.05) is 21.0 Å². The standard InChI is InChI=1S/C19H21NO5/c1-12(14-5-4-6-16-19(14)25-11-24-16)20-18(21)10-13-7-8-15(22-2)17(9-13)23-3/h4-9,12H,10-11H2,1-3H3,(H,20,21). The predicted molar refractivity (Wildman–Crippen MR) is 92.4 cm³/mol. The Bertz CT molecular complexity index is 774. The minimum atomic E-state index is -0.190. The Morgan fingerprint density at radius 1 is 1.16 bits per heavy atom. The summed E-state index contributed by atoms with van der Waals surface area (Å²) in [7, 11) is 3.15. The molecule has 0 fully saturated rings. The normalized spacial score (nSPS) is 13.2. The zero-order valence-corrected chi connectivity index (χ0v) is 14.5. The lowest BCUT2D eigenvalue weighted by atomic mass is 10.1. The van der Waals surface area contributed by atoms with Crippen LogP contribution in [0.5, 0.6) is 23.0 Å². The second-order valence-electron chi connectivity index (χ2n) is 5.74. The molecule has 0 aromatic heterocycles. The molecule has 0 aliphatic carbocycles. The van der Waals surface area contributed by atoms with Gasteiger partial charge in [-0.2, -0.15) is 0 Å². The van der Waals surface area contributed by atoms with E-state index in [9.17, 15) is 4.79 Å². The van der Waals surface area contributed by atoms with Gasteiger partial charge in [-0.05, 0) is 30.7 Å². The summed E-state index contributed by atoms with van der Waals surface area (Å²) in [5.41, 5.74) is 1.75. The van der Waals surface area contributed by atoms with Crippen LogP contribution in [-0.4, -0.2) is 26.9 Å². The van der Waals surface area contributed by atoms with E-state index in [4.69, 9.17) is 18.9 Å². The van der Waals surface area contributed by atoms with Crippen LogP contribution in [0.15, 0.2) is 36.4 Å². The Morgan fingerprint density at radius 2 is 1.96 bits per heavy atom. The van der Waals surface area contributed by atoms with Gasteiger partial charge in [-0.15, -0.1) is 0 Å². The summed E-state index contributed by atoms with van der Waals surface area (Å²) in [6.45, 7) is 2.13. The van der Waals surface area contributed by atoms with E-state index in [0.29, 0.717) is 23.0 Å². The van der Waals surface area contributed by atoms with Crippen molar-refractivity contribution >= 4 is 5.91 Å². The van der Waals surface area contributed by atoms with Crippen LogP contribution in [0.3, 0.4) is 0 Å². The van der Waals surface area contributed by atoms with Gasteiger partial charge in [-0.1, -0.05) is 18.2 Å². The molecular formula is C19H21NO5. The number of hydrogen-bond acceptors (Lipinski definition) is 5. The first kappa shape index (κ1) is 17.0. The Morgan fingerprint density at radius 3 is 2.72 bits per heavy atom. The number of rotatable bonds is 6. The summed E-state index contributed by atoms with van der Waals surface area (Å²) in [6.07, 6.45) is 0.247. The molecule has 0 bridgehead atoms. The van der Waals surface area contributed by atoms with Crippen molar-refractivity contribution in [3.05, 3.63) is 47.5 Å². The average Bonchev–Trinajstić information content (AvgIpc) is 3.10. The molecular weight excluding hydrogens is 322 g/mol. The molecule has 1 aliphatic rings. The highest BCUT2D eigenvalue weighted by molar-refractivity contribution is 5.79. The van der Waals surface area contributed by atoms with Crippen LogP contribution in [0.4, 0.5) is 0 Å². The largest absolute Gasteiger partial charge is 0.493 e. The highest BCUT2D eigenvalue weighted by atomic mass is 16.7. The summed E-state index contributed by atoms with van der Waals surface area (Å²) in [6, 6.07) is 10.9. The maximum absolute atomic E-state index is 12.4. The quantitative estimate of drug-likeness (QED) is 0.874. The Labute approximate surface area is 146 Å². The molecule has 0 radical (unpaired) electrons. The minimum absolute atomic E-state index is 0.0868. The summed E-state index contributed by atoms with van der Waals surface area (Å²) in [5, 5.41) is 2.99. The molecule has 132 valence electrons. The van der Waals surface area contributed by atoms with Gasteiger partial charge in [0, 0.05) is 5.56 Å². The van der Waals surface area contributed by atoms with E-state index < -0.39 is 0 Å². The zero-order chi connectivity index (χ0) is 17.8. The van der Waals surface area contributed by atoms with Crippen LogP contribution < -0.4 is 24.3 Å². The maximum Gasteiger partial charge on any atom is 0.231 e. The third kappa shape index (κ3) is 3.63. The van der Waals surface area contributed by atoms with Gasteiger partial charge >= 0.3 is 0 Å². The molecule has 1 heterocycles. The number of hydrogen-bond donors (Lipinski definition) is 1. The topological polar surface area (TPSA) is 66.0 Å². The van der Waals surface area contributed by atoms with E-state index in [1.165, 1.54) is 0 Å². The molecule has 0 saturated carbocycles. The van der Waals surface area contributed by atoms with Gasteiger partial charge in [0.2, 0.25) is 12.7 Å². The van der Waals surface area contributed by atoms with E-state index in [2.05, 4.69) is 5.32 Å². The van der Waals surface area contributed by atoms with E-state index in [-0.39, 0.29) is 25.2 Å². The number of carbonyl (C=O) groups is 1. The first-order valence-corrected chi connectivity index (χ1v) is 8.01. The molecule has 1 amide bonds. The maximum atomic E-state index is 12.4. The van der Waals surface area contributed by atoms with Gasteiger partial charge < -0.3 is 24.3 Å². The van der Waals surface area contributed by atoms with Crippen molar-refractivity contribution in [2.45, 2.75) is 19.4 Å². The monoisotopic (exact) mass is 343 g/mol. The van der Waals surface area contributed by atoms with Crippen LogP contribution in [-0.2, 0) is 11.2 Å². The Hall–Kier alpha value is -2.89. The molecule has 2 aromatic rings. The third-order valence-corrected chi connectivity index (χ3v) is 4.08. The minimum Gasteiger partial charge on any atom is -0.493 e. The van der Waals surface area contributed by atoms with E-state index in [1.807, 2.05) is 31.2 Å². The number of fused-ring (bicyclic) bond motifs is 1. The fourth-order valence-electron chi connectivity index (χ4n) is 2.84. The highest BCUT2D eigenvalue weighted by Crippen LogP contribution is 2.38. The Kier molecular flexibility index (Phi) is 4.97. The summed E-state index contributed by atoms with van der Waals surface area (Å²) >= 11 is 0. The second kappa shape index (κ2) is 7.34. The van der Waals surface area contributed by atoms with Crippen LogP contribution in [0.25, 0.3) is 0 Å². The summed E-state index contributed by atoms with van der Waals surface area (Å²) in [4.78, 5) is 12.4.